The number of aromatic nitrogens is 2. The fraction of sp³-hybridized carbons (Fsp3) is 0.500. The van der Waals surface area contributed by atoms with Crippen molar-refractivity contribution in [2.45, 2.75) is 32.2 Å². The van der Waals surface area contributed by atoms with E-state index in [0.29, 0.717) is 19.4 Å². The van der Waals surface area contributed by atoms with Crippen LogP contribution in [0.2, 0.25) is 0 Å². The van der Waals surface area contributed by atoms with Gasteiger partial charge < -0.3 is 4.98 Å². The maximum Gasteiger partial charge on any atom is 0.328 e. The third kappa shape index (κ3) is 5.54. The quantitative estimate of drug-likeness (QED) is 0.531. The molecular weight excluding hydrogens is 284 g/mol. The predicted octanol–water partition coefficient (Wildman–Crippen LogP) is 0.587. The topological polar surface area (TPSA) is 98.2 Å². The third-order valence-electron chi connectivity index (χ3n) is 2.67. The van der Waals surface area contributed by atoms with Crippen LogP contribution in [0.15, 0.2) is 33.8 Å². The molecule has 20 heavy (non-hydrogen) atoms. The van der Waals surface area contributed by atoms with Crippen LogP contribution in [0.5, 0.6) is 0 Å². The Bertz CT molecular complexity index is 616. The first-order chi connectivity index (χ1) is 9.46. The molecule has 0 amide bonds. The van der Waals surface area contributed by atoms with Gasteiger partial charge in [0.1, 0.15) is 0 Å². The first kappa shape index (κ1) is 16.4. The lowest BCUT2D eigenvalue weighted by molar-refractivity contribution is 0.311. The Morgan fingerprint density at radius 1 is 1.25 bits per heavy atom. The SMILES string of the molecule is C=CS(=O)(=O)OCCCCCCn1c(=O)cc[nH]c1=O. The van der Waals surface area contributed by atoms with E-state index in [2.05, 4.69) is 15.7 Å². The van der Waals surface area contributed by atoms with Gasteiger partial charge in [0, 0.05) is 18.8 Å². The standard InChI is InChI=1S/C12H18N2O5S/c1-2-20(17,18)19-10-6-4-3-5-9-14-11(15)7-8-13-12(14)16/h2,7-8H,1,3-6,9-10H2,(H,13,16). The van der Waals surface area contributed by atoms with Gasteiger partial charge in [0.2, 0.25) is 0 Å². The van der Waals surface area contributed by atoms with Gasteiger partial charge in [0.25, 0.3) is 15.7 Å². The molecule has 0 aliphatic rings. The molecular formula is C12H18N2O5S. The summed E-state index contributed by atoms with van der Waals surface area (Å²) in [7, 11) is -3.59. The summed E-state index contributed by atoms with van der Waals surface area (Å²) in [6, 6.07) is 1.30. The van der Waals surface area contributed by atoms with Gasteiger partial charge in [-0.15, -0.1) is 0 Å². The van der Waals surface area contributed by atoms with Crippen LogP contribution in [0.4, 0.5) is 0 Å². The fourth-order valence-electron chi connectivity index (χ4n) is 1.61. The molecule has 0 spiro atoms. The number of hydrogen-bond acceptors (Lipinski definition) is 5. The van der Waals surface area contributed by atoms with Crippen molar-refractivity contribution in [2.75, 3.05) is 6.61 Å². The molecule has 0 aliphatic carbocycles. The van der Waals surface area contributed by atoms with E-state index in [1.165, 1.54) is 12.3 Å². The van der Waals surface area contributed by atoms with E-state index in [9.17, 15) is 18.0 Å². The summed E-state index contributed by atoms with van der Waals surface area (Å²) in [5.41, 5.74) is -0.743. The number of rotatable bonds is 9. The van der Waals surface area contributed by atoms with Gasteiger partial charge in [0.15, 0.2) is 0 Å². The highest BCUT2D eigenvalue weighted by Crippen LogP contribution is 2.03. The van der Waals surface area contributed by atoms with Crippen molar-refractivity contribution in [1.82, 2.24) is 9.55 Å². The molecule has 7 nitrogen and oxygen atoms in total. The third-order valence-corrected chi connectivity index (χ3v) is 3.58. The lowest BCUT2D eigenvalue weighted by Crippen LogP contribution is -2.33. The van der Waals surface area contributed by atoms with Crippen molar-refractivity contribution in [3.8, 4) is 0 Å². The molecule has 0 saturated carbocycles. The molecule has 0 saturated heterocycles. The Balaban J connectivity index is 2.22. The number of unbranched alkanes of at least 4 members (excludes halogenated alkanes) is 3. The second-order valence-corrected chi connectivity index (χ2v) is 5.72. The van der Waals surface area contributed by atoms with Crippen molar-refractivity contribution < 1.29 is 12.6 Å². The zero-order valence-electron chi connectivity index (χ0n) is 11.1. The Hall–Kier alpha value is -1.67. The summed E-state index contributed by atoms with van der Waals surface area (Å²) in [4.78, 5) is 25.2. The number of H-pyrrole nitrogens is 1. The molecule has 1 aromatic heterocycles. The molecule has 0 atom stereocenters. The Morgan fingerprint density at radius 3 is 2.60 bits per heavy atom. The highest BCUT2D eigenvalue weighted by Gasteiger charge is 2.04. The van der Waals surface area contributed by atoms with Gasteiger partial charge in [-0.05, 0) is 12.8 Å². The lowest BCUT2D eigenvalue weighted by atomic mass is 10.2. The fourth-order valence-corrected chi connectivity index (χ4v) is 2.06. The summed E-state index contributed by atoms with van der Waals surface area (Å²) in [6.07, 6.45) is 4.11. The number of nitrogens with one attached hydrogen (secondary N) is 1. The van der Waals surface area contributed by atoms with E-state index in [-0.39, 0.29) is 12.2 Å². The molecule has 1 rings (SSSR count). The van der Waals surface area contributed by atoms with Crippen LogP contribution in [0.1, 0.15) is 25.7 Å². The van der Waals surface area contributed by atoms with Gasteiger partial charge >= 0.3 is 5.69 Å². The number of aromatic amines is 1. The van der Waals surface area contributed by atoms with Crippen LogP contribution >= 0.6 is 0 Å². The molecule has 0 fully saturated rings. The van der Waals surface area contributed by atoms with Gasteiger partial charge in [-0.1, -0.05) is 19.4 Å². The van der Waals surface area contributed by atoms with Crippen LogP contribution in [-0.4, -0.2) is 24.6 Å². The van der Waals surface area contributed by atoms with Crippen molar-refractivity contribution in [2.24, 2.45) is 0 Å². The van der Waals surface area contributed by atoms with Crippen molar-refractivity contribution in [3.05, 3.63) is 45.1 Å². The van der Waals surface area contributed by atoms with E-state index in [1.54, 1.807) is 0 Å². The second kappa shape index (κ2) is 7.81. The second-order valence-electron chi connectivity index (χ2n) is 4.17. The van der Waals surface area contributed by atoms with Gasteiger partial charge in [-0.25, -0.2) is 4.79 Å². The Kier molecular flexibility index (Phi) is 6.40. The largest absolute Gasteiger partial charge is 0.328 e. The molecule has 0 radical (unpaired) electrons. The summed E-state index contributed by atoms with van der Waals surface area (Å²) in [6.45, 7) is 3.59. The van der Waals surface area contributed by atoms with Crippen LogP contribution in [0.3, 0.4) is 0 Å². The van der Waals surface area contributed by atoms with Gasteiger partial charge in [-0.2, -0.15) is 8.42 Å². The molecule has 0 unspecified atom stereocenters. The molecule has 1 N–H and O–H groups in total. The predicted molar refractivity (Wildman–Crippen MR) is 74.9 cm³/mol. The zero-order valence-corrected chi connectivity index (χ0v) is 11.9. The summed E-state index contributed by atoms with van der Waals surface area (Å²) >= 11 is 0. The average molecular weight is 302 g/mol. The van der Waals surface area contributed by atoms with Crippen molar-refractivity contribution in [1.29, 1.82) is 0 Å². The summed E-state index contributed by atoms with van der Waals surface area (Å²) in [5, 5.41) is 0.765. The molecule has 0 aliphatic heterocycles. The molecule has 0 bridgehead atoms. The smallest absolute Gasteiger partial charge is 0.314 e. The van der Waals surface area contributed by atoms with E-state index in [1.807, 2.05) is 0 Å². The molecule has 112 valence electrons. The highest BCUT2D eigenvalue weighted by atomic mass is 32.2. The van der Waals surface area contributed by atoms with Gasteiger partial charge in [0.05, 0.1) is 12.0 Å². The average Bonchev–Trinajstić information content (AvgIpc) is 2.40. The maximum absolute atomic E-state index is 11.4. The van der Waals surface area contributed by atoms with Crippen LogP contribution < -0.4 is 11.2 Å². The Labute approximate surface area is 117 Å². The van der Waals surface area contributed by atoms with E-state index in [4.69, 9.17) is 0 Å². The monoisotopic (exact) mass is 302 g/mol. The van der Waals surface area contributed by atoms with Crippen LogP contribution in [0, 0.1) is 0 Å². The molecule has 0 aromatic carbocycles. The van der Waals surface area contributed by atoms with E-state index >= 15 is 0 Å². The first-order valence-electron chi connectivity index (χ1n) is 6.26. The minimum atomic E-state index is -3.59. The van der Waals surface area contributed by atoms with E-state index < -0.39 is 15.8 Å². The zero-order chi connectivity index (χ0) is 15.0. The van der Waals surface area contributed by atoms with E-state index in [0.717, 1.165) is 22.8 Å². The molecule has 1 aromatic rings. The van der Waals surface area contributed by atoms with Crippen LogP contribution in [-0.2, 0) is 20.8 Å². The highest BCUT2D eigenvalue weighted by molar-refractivity contribution is 7.89. The number of hydrogen-bond donors (Lipinski definition) is 1. The van der Waals surface area contributed by atoms with Crippen molar-refractivity contribution in [3.63, 3.8) is 0 Å². The Morgan fingerprint density at radius 2 is 1.95 bits per heavy atom. The normalized spacial score (nSPS) is 11.4. The van der Waals surface area contributed by atoms with Gasteiger partial charge in [-0.3, -0.25) is 13.5 Å². The summed E-state index contributed by atoms with van der Waals surface area (Å²) < 4.78 is 27.6. The van der Waals surface area contributed by atoms with Crippen molar-refractivity contribution >= 4 is 10.1 Å². The maximum atomic E-state index is 11.4. The first-order valence-corrected chi connectivity index (χ1v) is 7.74. The molecule has 8 heteroatoms. The van der Waals surface area contributed by atoms with Crippen LogP contribution in [0.25, 0.3) is 0 Å². The number of nitrogens with zero attached hydrogens (tertiary/aromatic N) is 1. The summed E-state index contributed by atoms with van der Waals surface area (Å²) in [5.74, 6) is 0. The minimum Gasteiger partial charge on any atom is -0.314 e. The minimum absolute atomic E-state index is 0.111. The lowest BCUT2D eigenvalue weighted by Gasteiger charge is -2.04. The molecule has 1 heterocycles.